The van der Waals surface area contributed by atoms with Crippen molar-refractivity contribution in [2.75, 3.05) is 0 Å². The Morgan fingerprint density at radius 2 is 1.82 bits per heavy atom. The van der Waals surface area contributed by atoms with Gasteiger partial charge in [-0.1, -0.05) is 43.3 Å². The summed E-state index contributed by atoms with van der Waals surface area (Å²) in [6, 6.07) is 18.4. The Bertz CT molecular complexity index is 889. The SMILES string of the molecule is CCc1cc2cccc(C3CC3)c2c(=O)n1-c1ccccc1. The summed E-state index contributed by atoms with van der Waals surface area (Å²) in [4.78, 5) is 13.2. The fourth-order valence-electron chi connectivity index (χ4n) is 3.30. The molecule has 2 nitrogen and oxygen atoms in total. The first-order valence-electron chi connectivity index (χ1n) is 8.02. The Kier molecular flexibility index (Phi) is 3.11. The molecule has 1 aliphatic carbocycles. The highest BCUT2D eigenvalue weighted by Crippen LogP contribution is 2.42. The van der Waals surface area contributed by atoms with E-state index < -0.39 is 0 Å². The number of para-hydroxylation sites is 1. The maximum Gasteiger partial charge on any atom is 0.263 e. The summed E-state index contributed by atoms with van der Waals surface area (Å²) >= 11 is 0. The second kappa shape index (κ2) is 5.13. The Hall–Kier alpha value is -2.35. The molecule has 2 heteroatoms. The molecule has 1 heterocycles. The van der Waals surface area contributed by atoms with Gasteiger partial charge in [0.15, 0.2) is 0 Å². The van der Waals surface area contributed by atoms with Gasteiger partial charge in [-0.05, 0) is 54.3 Å². The topological polar surface area (TPSA) is 22.0 Å². The molecule has 0 radical (unpaired) electrons. The minimum atomic E-state index is 0.128. The van der Waals surface area contributed by atoms with Crippen LogP contribution < -0.4 is 5.56 Å². The predicted molar refractivity (Wildman–Crippen MR) is 90.9 cm³/mol. The van der Waals surface area contributed by atoms with Crippen LogP contribution in [0.25, 0.3) is 16.5 Å². The first-order valence-corrected chi connectivity index (χ1v) is 8.02. The zero-order chi connectivity index (χ0) is 15.1. The monoisotopic (exact) mass is 289 g/mol. The van der Waals surface area contributed by atoms with Crippen molar-refractivity contribution in [2.45, 2.75) is 32.1 Å². The Morgan fingerprint density at radius 3 is 2.50 bits per heavy atom. The van der Waals surface area contributed by atoms with Crippen LogP contribution in [0, 0.1) is 0 Å². The molecule has 0 saturated heterocycles. The van der Waals surface area contributed by atoms with E-state index in [4.69, 9.17) is 0 Å². The van der Waals surface area contributed by atoms with E-state index in [1.54, 1.807) is 0 Å². The molecule has 1 saturated carbocycles. The maximum atomic E-state index is 13.2. The van der Waals surface area contributed by atoms with Gasteiger partial charge in [0, 0.05) is 11.4 Å². The van der Waals surface area contributed by atoms with Gasteiger partial charge in [-0.25, -0.2) is 0 Å². The summed E-state index contributed by atoms with van der Waals surface area (Å²) in [5, 5.41) is 1.99. The van der Waals surface area contributed by atoms with E-state index >= 15 is 0 Å². The first-order chi connectivity index (χ1) is 10.8. The van der Waals surface area contributed by atoms with E-state index in [-0.39, 0.29) is 5.56 Å². The molecule has 0 unspecified atom stereocenters. The van der Waals surface area contributed by atoms with Gasteiger partial charge in [-0.3, -0.25) is 9.36 Å². The lowest BCUT2D eigenvalue weighted by Crippen LogP contribution is -2.22. The minimum absolute atomic E-state index is 0.128. The van der Waals surface area contributed by atoms with E-state index in [0.717, 1.165) is 28.6 Å². The second-order valence-electron chi connectivity index (χ2n) is 6.05. The largest absolute Gasteiger partial charge is 0.281 e. The third-order valence-electron chi connectivity index (χ3n) is 4.55. The summed E-state index contributed by atoms with van der Waals surface area (Å²) < 4.78 is 1.88. The highest BCUT2D eigenvalue weighted by atomic mass is 16.1. The van der Waals surface area contributed by atoms with Gasteiger partial charge >= 0.3 is 0 Å². The Labute approximate surface area is 130 Å². The molecule has 22 heavy (non-hydrogen) atoms. The fraction of sp³-hybridized carbons (Fsp3) is 0.250. The van der Waals surface area contributed by atoms with Gasteiger partial charge in [0.05, 0.1) is 5.39 Å². The number of hydrogen-bond acceptors (Lipinski definition) is 1. The summed E-state index contributed by atoms with van der Waals surface area (Å²) in [5.74, 6) is 0.577. The highest BCUT2D eigenvalue weighted by molar-refractivity contribution is 5.86. The van der Waals surface area contributed by atoms with Gasteiger partial charge in [-0.2, -0.15) is 0 Å². The number of benzene rings is 2. The smallest absolute Gasteiger partial charge is 0.263 e. The lowest BCUT2D eigenvalue weighted by Gasteiger charge is -2.15. The van der Waals surface area contributed by atoms with Crippen LogP contribution in [0.5, 0.6) is 0 Å². The van der Waals surface area contributed by atoms with Gasteiger partial charge < -0.3 is 0 Å². The van der Waals surface area contributed by atoms with Gasteiger partial charge in [-0.15, -0.1) is 0 Å². The van der Waals surface area contributed by atoms with Gasteiger partial charge in [0.2, 0.25) is 0 Å². The van der Waals surface area contributed by atoms with E-state index in [9.17, 15) is 4.79 Å². The van der Waals surface area contributed by atoms with Crippen LogP contribution in [0.3, 0.4) is 0 Å². The average Bonchev–Trinajstić information content (AvgIpc) is 3.39. The van der Waals surface area contributed by atoms with Crippen LogP contribution >= 0.6 is 0 Å². The standard InChI is InChI=1S/C20H19NO/c1-2-16-13-15-7-6-10-18(14-11-12-14)19(15)20(22)21(16)17-8-4-3-5-9-17/h3-10,13-14H,2,11-12H2,1H3. The molecule has 110 valence electrons. The number of pyridine rings is 1. The van der Waals surface area contributed by atoms with E-state index in [2.05, 4.69) is 31.2 Å². The number of aromatic nitrogens is 1. The molecule has 1 aliphatic rings. The normalized spacial score (nSPS) is 14.4. The highest BCUT2D eigenvalue weighted by Gasteiger charge is 2.26. The number of hydrogen-bond donors (Lipinski definition) is 0. The van der Waals surface area contributed by atoms with Crippen LogP contribution in [0.4, 0.5) is 0 Å². The lowest BCUT2D eigenvalue weighted by molar-refractivity contribution is 0.887. The average molecular weight is 289 g/mol. The van der Waals surface area contributed by atoms with Crippen molar-refractivity contribution >= 4 is 10.8 Å². The number of nitrogens with zero attached hydrogens (tertiary/aromatic N) is 1. The maximum absolute atomic E-state index is 13.2. The summed E-state index contributed by atoms with van der Waals surface area (Å²) in [5.41, 5.74) is 3.38. The summed E-state index contributed by atoms with van der Waals surface area (Å²) in [6.45, 7) is 2.10. The van der Waals surface area contributed by atoms with Crippen LogP contribution in [0.2, 0.25) is 0 Å². The van der Waals surface area contributed by atoms with E-state index in [1.165, 1.54) is 18.4 Å². The van der Waals surface area contributed by atoms with E-state index in [1.807, 2.05) is 34.9 Å². The number of rotatable bonds is 3. The third kappa shape index (κ3) is 2.07. The predicted octanol–water partition coefficient (Wildman–Crippen LogP) is 4.43. The van der Waals surface area contributed by atoms with Crippen molar-refractivity contribution in [2.24, 2.45) is 0 Å². The van der Waals surface area contributed by atoms with Crippen molar-refractivity contribution in [1.29, 1.82) is 0 Å². The molecule has 1 fully saturated rings. The molecule has 0 amide bonds. The molecular weight excluding hydrogens is 270 g/mol. The van der Waals surface area contributed by atoms with E-state index in [0.29, 0.717) is 5.92 Å². The zero-order valence-corrected chi connectivity index (χ0v) is 12.8. The summed E-state index contributed by atoms with van der Waals surface area (Å²) in [6.07, 6.45) is 3.26. The molecule has 3 aromatic rings. The Balaban J connectivity index is 2.09. The molecule has 2 aromatic carbocycles. The molecule has 0 N–H and O–H groups in total. The molecule has 4 rings (SSSR count). The summed E-state index contributed by atoms with van der Waals surface area (Å²) in [7, 11) is 0. The molecular formula is C20H19NO. The first kappa shape index (κ1) is 13.3. The minimum Gasteiger partial charge on any atom is -0.281 e. The van der Waals surface area contributed by atoms with Gasteiger partial charge in [0.1, 0.15) is 0 Å². The second-order valence-corrected chi connectivity index (χ2v) is 6.05. The molecule has 0 aliphatic heterocycles. The Morgan fingerprint density at radius 1 is 1.05 bits per heavy atom. The third-order valence-corrected chi connectivity index (χ3v) is 4.55. The van der Waals surface area contributed by atoms with Crippen molar-refractivity contribution in [3.63, 3.8) is 0 Å². The molecule has 0 spiro atoms. The molecule has 0 bridgehead atoms. The fourth-order valence-corrected chi connectivity index (χ4v) is 3.30. The van der Waals surface area contributed by atoms with Crippen molar-refractivity contribution < 1.29 is 0 Å². The van der Waals surface area contributed by atoms with Crippen LogP contribution in [-0.4, -0.2) is 4.57 Å². The quantitative estimate of drug-likeness (QED) is 0.699. The van der Waals surface area contributed by atoms with Crippen molar-refractivity contribution in [1.82, 2.24) is 4.57 Å². The van der Waals surface area contributed by atoms with Crippen molar-refractivity contribution in [3.05, 3.63) is 76.2 Å². The lowest BCUT2D eigenvalue weighted by atomic mass is 10.0. The molecule has 1 aromatic heterocycles. The van der Waals surface area contributed by atoms with Crippen LogP contribution in [-0.2, 0) is 6.42 Å². The van der Waals surface area contributed by atoms with Crippen LogP contribution in [0.15, 0.2) is 59.4 Å². The van der Waals surface area contributed by atoms with Gasteiger partial charge in [0.25, 0.3) is 5.56 Å². The molecule has 0 atom stereocenters. The zero-order valence-electron chi connectivity index (χ0n) is 12.8. The van der Waals surface area contributed by atoms with Crippen molar-refractivity contribution in [3.8, 4) is 5.69 Å². The number of fused-ring (bicyclic) bond motifs is 1. The number of aryl methyl sites for hydroxylation is 1. The van der Waals surface area contributed by atoms with Crippen LogP contribution in [0.1, 0.15) is 36.9 Å².